The van der Waals surface area contributed by atoms with Gasteiger partial charge >= 0.3 is 12.3 Å². The van der Waals surface area contributed by atoms with Crippen molar-refractivity contribution in [2.24, 2.45) is 0 Å². The Hall–Kier alpha value is -2.93. The number of aromatic nitrogens is 1. The average Bonchev–Trinajstić information content (AvgIpc) is 3.06. The van der Waals surface area contributed by atoms with Crippen LogP contribution in [0.4, 0.5) is 18.0 Å². The highest BCUT2D eigenvalue weighted by Gasteiger charge is 2.38. The summed E-state index contributed by atoms with van der Waals surface area (Å²) in [6.07, 6.45) is -5.41. The number of carbonyl (C=O) groups is 1. The zero-order valence-electron chi connectivity index (χ0n) is 18.2. The third-order valence-corrected chi connectivity index (χ3v) is 5.39. The van der Waals surface area contributed by atoms with E-state index in [0.29, 0.717) is 16.1 Å². The molecule has 8 heteroatoms. The molecule has 0 aliphatic heterocycles. The van der Waals surface area contributed by atoms with Gasteiger partial charge in [-0.3, -0.25) is 0 Å². The molecule has 3 rings (SSSR count). The number of benzene rings is 2. The fourth-order valence-corrected chi connectivity index (χ4v) is 3.19. The van der Waals surface area contributed by atoms with E-state index in [9.17, 15) is 18.0 Å². The second-order valence-corrected chi connectivity index (χ2v) is 8.86. The van der Waals surface area contributed by atoms with Crippen molar-refractivity contribution in [3.63, 3.8) is 0 Å². The first-order chi connectivity index (χ1) is 14.9. The highest BCUT2D eigenvalue weighted by Crippen LogP contribution is 2.41. The topological polar surface area (TPSA) is 34.5 Å². The first-order valence-corrected chi connectivity index (χ1v) is 10.3. The number of halogens is 4. The molecule has 4 nitrogen and oxygen atoms in total. The molecule has 0 radical (unpaired) electrons. The lowest BCUT2D eigenvalue weighted by Crippen LogP contribution is -2.44. The number of amides is 1. The number of rotatable bonds is 4. The van der Waals surface area contributed by atoms with Crippen molar-refractivity contribution in [1.29, 1.82) is 0 Å². The lowest BCUT2D eigenvalue weighted by molar-refractivity contribution is -0.143. The molecule has 170 valence electrons. The highest BCUT2D eigenvalue weighted by molar-refractivity contribution is 6.30. The van der Waals surface area contributed by atoms with Crippen molar-refractivity contribution in [1.82, 2.24) is 9.47 Å². The monoisotopic (exact) mass is 464 g/mol. The predicted octanol–water partition coefficient (Wildman–Crippen LogP) is 7.10. The van der Waals surface area contributed by atoms with Gasteiger partial charge in [0.25, 0.3) is 0 Å². The zero-order chi connectivity index (χ0) is 23.7. The summed E-state index contributed by atoms with van der Waals surface area (Å²) in [5.41, 5.74) is -0.250. The SMILES string of the molecule is CN(C(=O)Oc1c(-c2ccc(Cl)cc2)cc(C(F)(F)F)n1Cc1ccccc1)C(C)(C)C. The molecule has 0 aliphatic carbocycles. The molecule has 0 saturated heterocycles. The third-order valence-electron chi connectivity index (χ3n) is 5.14. The van der Waals surface area contributed by atoms with Gasteiger partial charge in [0.15, 0.2) is 0 Å². The minimum atomic E-state index is -4.66. The Labute approximate surface area is 190 Å². The van der Waals surface area contributed by atoms with E-state index in [-0.39, 0.29) is 18.0 Å². The van der Waals surface area contributed by atoms with Crippen molar-refractivity contribution in [2.75, 3.05) is 7.05 Å². The van der Waals surface area contributed by atoms with Gasteiger partial charge < -0.3 is 14.2 Å². The molecule has 0 saturated carbocycles. The van der Waals surface area contributed by atoms with Crippen LogP contribution in [0.3, 0.4) is 0 Å². The molecular weight excluding hydrogens is 441 g/mol. The van der Waals surface area contributed by atoms with E-state index in [2.05, 4.69) is 0 Å². The van der Waals surface area contributed by atoms with E-state index < -0.39 is 23.5 Å². The van der Waals surface area contributed by atoms with Gasteiger partial charge in [-0.1, -0.05) is 54.1 Å². The van der Waals surface area contributed by atoms with Crippen LogP contribution >= 0.6 is 11.6 Å². The maximum absolute atomic E-state index is 14.0. The summed E-state index contributed by atoms with van der Waals surface area (Å²) < 4.78 is 48.7. The molecule has 0 fully saturated rings. The van der Waals surface area contributed by atoms with Crippen LogP contribution in [0.25, 0.3) is 11.1 Å². The first-order valence-electron chi connectivity index (χ1n) is 9.94. The molecule has 32 heavy (non-hydrogen) atoms. The second-order valence-electron chi connectivity index (χ2n) is 8.42. The van der Waals surface area contributed by atoms with Gasteiger partial charge in [-0.25, -0.2) is 4.79 Å². The van der Waals surface area contributed by atoms with Crippen LogP contribution < -0.4 is 4.74 Å². The van der Waals surface area contributed by atoms with E-state index in [0.717, 1.165) is 10.6 Å². The van der Waals surface area contributed by atoms with Gasteiger partial charge in [-0.05, 0) is 50.1 Å². The van der Waals surface area contributed by atoms with Gasteiger partial charge in [-0.15, -0.1) is 0 Å². The lowest BCUT2D eigenvalue weighted by Gasteiger charge is -2.31. The number of ether oxygens (including phenoxy) is 1. The standard InChI is InChI=1S/C24H24ClF3N2O2/c1-23(2,3)29(4)22(31)32-21-19(17-10-12-18(25)13-11-17)14-20(24(26,27)28)30(21)15-16-8-6-5-7-9-16/h5-14H,15H2,1-4H3. The molecule has 0 bridgehead atoms. The Kier molecular flexibility index (Phi) is 6.60. The molecule has 0 aliphatic rings. The number of carbonyl (C=O) groups excluding carboxylic acids is 1. The Balaban J connectivity index is 2.19. The van der Waals surface area contributed by atoms with Crippen molar-refractivity contribution in [2.45, 2.75) is 39.0 Å². The summed E-state index contributed by atoms with van der Waals surface area (Å²) in [6.45, 7) is 5.29. The fourth-order valence-electron chi connectivity index (χ4n) is 3.06. The summed E-state index contributed by atoms with van der Waals surface area (Å²) in [5.74, 6) is -0.176. The number of alkyl halides is 3. The number of hydrogen-bond acceptors (Lipinski definition) is 2. The van der Waals surface area contributed by atoms with Crippen LogP contribution in [0.1, 0.15) is 32.0 Å². The van der Waals surface area contributed by atoms with Crippen molar-refractivity contribution in [3.8, 4) is 17.0 Å². The fraction of sp³-hybridized carbons (Fsp3) is 0.292. The largest absolute Gasteiger partial charge is 0.431 e. The van der Waals surface area contributed by atoms with Gasteiger partial charge in [0.1, 0.15) is 5.69 Å². The lowest BCUT2D eigenvalue weighted by atomic mass is 10.1. The molecule has 1 aromatic heterocycles. The van der Waals surface area contributed by atoms with Gasteiger partial charge in [0, 0.05) is 23.2 Å². The number of hydrogen-bond donors (Lipinski definition) is 0. The molecule has 3 aromatic rings. The summed E-state index contributed by atoms with van der Waals surface area (Å²) in [6, 6.07) is 16.0. The Morgan fingerprint density at radius 2 is 1.62 bits per heavy atom. The van der Waals surface area contributed by atoms with Crippen LogP contribution in [0, 0.1) is 0 Å². The molecule has 1 heterocycles. The summed E-state index contributed by atoms with van der Waals surface area (Å²) in [5, 5.41) is 0.444. The van der Waals surface area contributed by atoms with E-state index in [4.69, 9.17) is 16.3 Å². The normalized spacial score (nSPS) is 12.0. The first kappa shape index (κ1) is 23.7. The van der Waals surface area contributed by atoms with Crippen molar-refractivity contribution >= 4 is 17.7 Å². The van der Waals surface area contributed by atoms with Gasteiger partial charge in [0.05, 0.1) is 6.54 Å². The molecule has 0 unspecified atom stereocenters. The van der Waals surface area contributed by atoms with Crippen LogP contribution in [-0.2, 0) is 12.7 Å². The molecule has 0 N–H and O–H groups in total. The van der Waals surface area contributed by atoms with E-state index >= 15 is 0 Å². The predicted molar refractivity (Wildman–Crippen MR) is 119 cm³/mol. The van der Waals surface area contributed by atoms with Crippen molar-refractivity contribution in [3.05, 3.63) is 76.9 Å². The third kappa shape index (κ3) is 5.27. The summed E-state index contributed by atoms with van der Waals surface area (Å²) in [7, 11) is 1.54. The summed E-state index contributed by atoms with van der Waals surface area (Å²) in [4.78, 5) is 14.2. The van der Waals surface area contributed by atoms with Crippen molar-refractivity contribution < 1.29 is 22.7 Å². The molecule has 0 spiro atoms. The Morgan fingerprint density at radius 3 is 2.16 bits per heavy atom. The molecule has 2 aromatic carbocycles. The minimum Gasteiger partial charge on any atom is -0.392 e. The summed E-state index contributed by atoms with van der Waals surface area (Å²) >= 11 is 5.95. The maximum Gasteiger partial charge on any atom is 0.431 e. The maximum atomic E-state index is 14.0. The molecule has 0 atom stereocenters. The second kappa shape index (κ2) is 8.90. The van der Waals surface area contributed by atoms with E-state index in [1.807, 2.05) is 0 Å². The zero-order valence-corrected chi connectivity index (χ0v) is 19.0. The smallest absolute Gasteiger partial charge is 0.392 e. The quantitative estimate of drug-likeness (QED) is 0.412. The minimum absolute atomic E-state index is 0.120. The van der Waals surface area contributed by atoms with Crippen LogP contribution in [0.15, 0.2) is 60.7 Å². The average molecular weight is 465 g/mol. The Bertz CT molecular complexity index is 1090. The Morgan fingerprint density at radius 1 is 1.03 bits per heavy atom. The highest BCUT2D eigenvalue weighted by atomic mass is 35.5. The van der Waals surface area contributed by atoms with Gasteiger partial charge in [-0.2, -0.15) is 13.2 Å². The van der Waals surface area contributed by atoms with E-state index in [1.54, 1.807) is 82.4 Å². The van der Waals surface area contributed by atoms with E-state index in [1.165, 1.54) is 4.90 Å². The molecule has 1 amide bonds. The van der Waals surface area contributed by atoms with Gasteiger partial charge in [0.2, 0.25) is 5.88 Å². The van der Waals surface area contributed by atoms with Crippen LogP contribution in [0.5, 0.6) is 5.88 Å². The number of nitrogens with zero attached hydrogens (tertiary/aromatic N) is 2. The van der Waals surface area contributed by atoms with Crippen LogP contribution in [-0.4, -0.2) is 28.1 Å². The van der Waals surface area contributed by atoms with Crippen LogP contribution in [0.2, 0.25) is 5.02 Å². The molecular formula is C24H24ClF3N2O2.